The van der Waals surface area contributed by atoms with Crippen molar-refractivity contribution in [1.82, 2.24) is 20.3 Å². The zero-order chi connectivity index (χ0) is 12.1. The van der Waals surface area contributed by atoms with Crippen LogP contribution < -0.4 is 5.73 Å². The number of rotatable bonds is 6. The summed E-state index contributed by atoms with van der Waals surface area (Å²) >= 11 is 0. The fraction of sp³-hybridized carbons (Fsp3) is 0.500. The highest BCUT2D eigenvalue weighted by atomic mass is 16.5. The Balaban J connectivity index is 1.98. The van der Waals surface area contributed by atoms with Crippen molar-refractivity contribution in [3.05, 3.63) is 18.2 Å². The second kappa shape index (κ2) is 5.55. The van der Waals surface area contributed by atoms with Gasteiger partial charge in [0.05, 0.1) is 24.4 Å². The van der Waals surface area contributed by atoms with Crippen molar-refractivity contribution < 1.29 is 9.26 Å². The molecule has 0 aliphatic rings. The summed E-state index contributed by atoms with van der Waals surface area (Å²) in [7, 11) is 0. The van der Waals surface area contributed by atoms with E-state index in [4.69, 9.17) is 15.0 Å². The Morgan fingerprint density at radius 1 is 1.59 bits per heavy atom. The van der Waals surface area contributed by atoms with E-state index in [1.807, 2.05) is 6.92 Å². The molecule has 92 valence electrons. The minimum atomic E-state index is -0.369. The van der Waals surface area contributed by atoms with Crippen LogP contribution in [-0.2, 0) is 4.74 Å². The third-order valence-corrected chi connectivity index (χ3v) is 2.16. The summed E-state index contributed by atoms with van der Waals surface area (Å²) in [5.41, 5.74) is 6.61. The Hall–Kier alpha value is -1.73. The maximum absolute atomic E-state index is 5.87. The molecule has 0 spiro atoms. The van der Waals surface area contributed by atoms with Gasteiger partial charge < -0.3 is 15.0 Å². The molecule has 17 heavy (non-hydrogen) atoms. The number of nitrogens with zero attached hydrogens (tertiary/aromatic N) is 3. The number of nitrogens with one attached hydrogen (secondary N) is 1. The zero-order valence-electron chi connectivity index (χ0n) is 9.59. The molecule has 0 aliphatic carbocycles. The van der Waals surface area contributed by atoms with Crippen LogP contribution in [0.1, 0.15) is 25.2 Å². The summed E-state index contributed by atoms with van der Waals surface area (Å²) in [5.74, 6) is 0.844. The Labute approximate surface area is 98.3 Å². The van der Waals surface area contributed by atoms with E-state index in [2.05, 4.69) is 20.3 Å². The van der Waals surface area contributed by atoms with Gasteiger partial charge >= 0.3 is 0 Å². The molecule has 2 aromatic heterocycles. The summed E-state index contributed by atoms with van der Waals surface area (Å²) < 4.78 is 10.4. The second-order valence-electron chi connectivity index (χ2n) is 3.63. The van der Waals surface area contributed by atoms with Crippen molar-refractivity contribution in [2.24, 2.45) is 5.73 Å². The van der Waals surface area contributed by atoms with E-state index in [9.17, 15) is 0 Å². The van der Waals surface area contributed by atoms with E-state index in [0.29, 0.717) is 24.9 Å². The highest BCUT2D eigenvalue weighted by Gasteiger charge is 2.15. The molecule has 0 saturated heterocycles. The van der Waals surface area contributed by atoms with E-state index in [-0.39, 0.29) is 6.04 Å². The van der Waals surface area contributed by atoms with E-state index in [0.717, 1.165) is 12.0 Å². The van der Waals surface area contributed by atoms with Crippen molar-refractivity contribution in [2.45, 2.75) is 19.4 Å². The van der Waals surface area contributed by atoms with Gasteiger partial charge in [-0.3, -0.25) is 5.10 Å². The van der Waals surface area contributed by atoms with Gasteiger partial charge in [0.2, 0.25) is 0 Å². The molecule has 0 radical (unpaired) electrons. The first-order valence-corrected chi connectivity index (χ1v) is 5.47. The van der Waals surface area contributed by atoms with Crippen molar-refractivity contribution in [1.29, 1.82) is 0 Å². The molecule has 0 saturated carbocycles. The van der Waals surface area contributed by atoms with Crippen LogP contribution in [0.25, 0.3) is 11.5 Å². The highest BCUT2D eigenvalue weighted by Crippen LogP contribution is 2.16. The average molecular weight is 237 g/mol. The Morgan fingerprint density at radius 3 is 3.18 bits per heavy atom. The quantitative estimate of drug-likeness (QED) is 0.723. The molecule has 0 aliphatic heterocycles. The summed E-state index contributed by atoms with van der Waals surface area (Å²) in [4.78, 5) is 4.19. The molecule has 0 amide bonds. The van der Waals surface area contributed by atoms with Crippen LogP contribution >= 0.6 is 0 Å². The predicted octanol–water partition coefficient (Wildman–Crippen LogP) is 0.886. The molecule has 2 heterocycles. The van der Waals surface area contributed by atoms with Crippen LogP contribution in [0.2, 0.25) is 0 Å². The molecule has 0 aromatic carbocycles. The first-order chi connectivity index (χ1) is 8.31. The maximum atomic E-state index is 5.87. The first-order valence-electron chi connectivity index (χ1n) is 5.47. The molecule has 0 fully saturated rings. The lowest BCUT2D eigenvalue weighted by molar-refractivity contribution is 0.119. The van der Waals surface area contributed by atoms with Gasteiger partial charge in [0, 0.05) is 12.8 Å². The molecule has 2 rings (SSSR count). The van der Waals surface area contributed by atoms with Crippen LogP contribution in [0.3, 0.4) is 0 Å². The van der Waals surface area contributed by atoms with Gasteiger partial charge in [0.25, 0.3) is 5.89 Å². The summed E-state index contributed by atoms with van der Waals surface area (Å²) in [5, 5.41) is 10.3. The van der Waals surface area contributed by atoms with Crippen molar-refractivity contribution >= 4 is 0 Å². The molecule has 2 aromatic rings. The number of ether oxygens (including phenoxy) is 1. The zero-order valence-corrected chi connectivity index (χ0v) is 9.59. The van der Waals surface area contributed by atoms with Crippen LogP contribution in [0, 0.1) is 0 Å². The average Bonchev–Trinajstić information content (AvgIpc) is 3.00. The molecule has 7 heteroatoms. The van der Waals surface area contributed by atoms with Gasteiger partial charge in [-0.25, -0.2) is 0 Å². The van der Waals surface area contributed by atoms with Crippen molar-refractivity contribution in [3.63, 3.8) is 0 Å². The fourth-order valence-corrected chi connectivity index (χ4v) is 1.30. The minimum absolute atomic E-state index is 0.369. The number of H-pyrrole nitrogens is 1. The minimum Gasteiger partial charge on any atom is -0.379 e. The highest BCUT2D eigenvalue weighted by molar-refractivity contribution is 5.49. The Morgan fingerprint density at radius 2 is 2.47 bits per heavy atom. The molecule has 7 nitrogen and oxygen atoms in total. The van der Waals surface area contributed by atoms with Gasteiger partial charge in [-0.15, -0.1) is 0 Å². The number of hydrogen-bond donors (Lipinski definition) is 2. The second-order valence-corrected chi connectivity index (χ2v) is 3.63. The lowest BCUT2D eigenvalue weighted by Crippen LogP contribution is -2.18. The molecule has 1 atom stereocenters. The van der Waals surface area contributed by atoms with Gasteiger partial charge in [-0.1, -0.05) is 12.1 Å². The number of hydrogen-bond acceptors (Lipinski definition) is 6. The van der Waals surface area contributed by atoms with Crippen LogP contribution in [0.15, 0.2) is 16.9 Å². The lowest BCUT2D eigenvalue weighted by atomic mass is 10.3. The third kappa shape index (κ3) is 2.89. The SMILES string of the molecule is CCCOCC(N)c1noc(-c2cn[nH]c2)n1. The van der Waals surface area contributed by atoms with Gasteiger partial charge in [0.15, 0.2) is 5.82 Å². The van der Waals surface area contributed by atoms with Crippen LogP contribution in [0.4, 0.5) is 0 Å². The lowest BCUT2D eigenvalue weighted by Gasteiger charge is -2.06. The maximum Gasteiger partial charge on any atom is 0.261 e. The number of nitrogens with two attached hydrogens (primary N) is 1. The molecule has 3 N–H and O–H groups in total. The third-order valence-electron chi connectivity index (χ3n) is 2.16. The smallest absolute Gasteiger partial charge is 0.261 e. The van der Waals surface area contributed by atoms with Crippen molar-refractivity contribution in [3.8, 4) is 11.5 Å². The molecular weight excluding hydrogens is 222 g/mol. The van der Waals surface area contributed by atoms with Gasteiger partial charge in [-0.2, -0.15) is 10.1 Å². The topological polar surface area (TPSA) is 103 Å². The van der Waals surface area contributed by atoms with Gasteiger partial charge in [-0.05, 0) is 6.42 Å². The van der Waals surface area contributed by atoms with E-state index in [1.165, 1.54) is 0 Å². The number of aromatic amines is 1. The van der Waals surface area contributed by atoms with E-state index < -0.39 is 0 Å². The van der Waals surface area contributed by atoms with E-state index >= 15 is 0 Å². The molecule has 1 unspecified atom stereocenters. The number of aromatic nitrogens is 4. The Bertz CT molecular complexity index is 439. The molecule has 0 bridgehead atoms. The predicted molar refractivity (Wildman–Crippen MR) is 59.9 cm³/mol. The monoisotopic (exact) mass is 237 g/mol. The molecular formula is C10H15N5O2. The summed E-state index contributed by atoms with van der Waals surface area (Å²) in [6, 6.07) is -0.369. The summed E-state index contributed by atoms with van der Waals surface area (Å²) in [6.07, 6.45) is 4.24. The first kappa shape index (κ1) is 11.7. The van der Waals surface area contributed by atoms with E-state index in [1.54, 1.807) is 12.4 Å². The Kier molecular flexibility index (Phi) is 3.84. The fourth-order valence-electron chi connectivity index (χ4n) is 1.30. The van der Waals surface area contributed by atoms with Gasteiger partial charge in [0.1, 0.15) is 0 Å². The largest absolute Gasteiger partial charge is 0.379 e. The van der Waals surface area contributed by atoms with Crippen molar-refractivity contribution in [2.75, 3.05) is 13.2 Å². The normalized spacial score (nSPS) is 12.8. The van der Waals surface area contributed by atoms with Crippen LogP contribution in [-0.4, -0.2) is 33.6 Å². The standard InChI is InChI=1S/C10H15N5O2/c1-2-3-16-6-8(11)9-14-10(17-15-9)7-4-12-13-5-7/h4-5,8H,2-3,6,11H2,1H3,(H,12,13). The van der Waals surface area contributed by atoms with Crippen LogP contribution in [0.5, 0.6) is 0 Å². The summed E-state index contributed by atoms with van der Waals surface area (Å²) in [6.45, 7) is 3.11.